The van der Waals surface area contributed by atoms with Gasteiger partial charge < -0.3 is 19.1 Å². The first-order valence-corrected chi connectivity index (χ1v) is 15.8. The summed E-state index contributed by atoms with van der Waals surface area (Å²) in [6, 6.07) is 18.6. The van der Waals surface area contributed by atoms with Gasteiger partial charge in [-0.25, -0.2) is 9.59 Å². The van der Waals surface area contributed by atoms with Crippen LogP contribution in [0.15, 0.2) is 70.0 Å². The van der Waals surface area contributed by atoms with Gasteiger partial charge in [0.2, 0.25) is 0 Å². The summed E-state index contributed by atoms with van der Waals surface area (Å²) in [6.07, 6.45) is 1.49. The number of benzene rings is 3. The monoisotopic (exact) mass is 653 g/mol. The number of ketones is 1. The largest absolute Gasteiger partial charge is 0.476 e. The van der Waals surface area contributed by atoms with Gasteiger partial charge in [0.15, 0.2) is 11.4 Å². The molecule has 42 heavy (non-hydrogen) atoms. The van der Waals surface area contributed by atoms with Crippen LogP contribution in [0.2, 0.25) is 0 Å². The second kappa shape index (κ2) is 13.3. The average Bonchev–Trinajstić information content (AvgIpc) is 3.42. The van der Waals surface area contributed by atoms with Crippen LogP contribution in [0.3, 0.4) is 0 Å². The minimum Gasteiger partial charge on any atom is -0.476 e. The lowest BCUT2D eigenvalue weighted by molar-refractivity contribution is -0.158. The van der Waals surface area contributed by atoms with Gasteiger partial charge in [-0.05, 0) is 94.0 Å². The van der Waals surface area contributed by atoms with Crippen molar-refractivity contribution in [2.24, 2.45) is 5.92 Å². The van der Waals surface area contributed by atoms with Crippen molar-refractivity contribution >= 4 is 45.5 Å². The standard InChI is InChI=1S/C33H36BrNO6S/c1-7-39-31(37)33(4,5)41-30-20(2)16-23(17-21(30)3)27-18-35(32(38)40-25-12-10-24(34)11-13-25)19-28(27)29(36)22-8-14-26(42-6)15-9-22/h8-17,27-28H,7,18-19H2,1-6H3. The van der Waals surface area contributed by atoms with E-state index in [4.69, 9.17) is 14.2 Å². The molecule has 0 N–H and O–H groups in total. The SMILES string of the molecule is CCOC(=O)C(C)(C)Oc1c(C)cc(C2CN(C(=O)Oc3ccc(Br)cc3)CC2C(=O)c2ccc(SC)cc2)cc1C. The van der Waals surface area contributed by atoms with E-state index in [1.165, 1.54) is 0 Å². The van der Waals surface area contributed by atoms with Crippen LogP contribution in [0, 0.1) is 19.8 Å². The first-order valence-electron chi connectivity index (χ1n) is 13.8. The molecule has 0 aromatic heterocycles. The summed E-state index contributed by atoms with van der Waals surface area (Å²) < 4.78 is 17.9. The van der Waals surface area contributed by atoms with Gasteiger partial charge in [0.25, 0.3) is 0 Å². The van der Waals surface area contributed by atoms with Crippen molar-refractivity contribution in [2.75, 3.05) is 26.0 Å². The number of nitrogens with zero attached hydrogens (tertiary/aromatic N) is 1. The highest BCUT2D eigenvalue weighted by molar-refractivity contribution is 9.10. The van der Waals surface area contributed by atoms with Crippen LogP contribution in [-0.2, 0) is 9.53 Å². The van der Waals surface area contributed by atoms with E-state index in [-0.39, 0.29) is 24.9 Å². The third-order valence-electron chi connectivity index (χ3n) is 7.34. The zero-order chi connectivity index (χ0) is 30.6. The number of aryl methyl sites for hydroxylation is 2. The minimum absolute atomic E-state index is 0.0225. The zero-order valence-electron chi connectivity index (χ0n) is 24.7. The Balaban J connectivity index is 1.65. The van der Waals surface area contributed by atoms with Crippen molar-refractivity contribution in [1.29, 1.82) is 0 Å². The molecule has 0 aliphatic carbocycles. The van der Waals surface area contributed by atoms with Crippen LogP contribution in [0.5, 0.6) is 11.5 Å². The maximum atomic E-state index is 13.9. The Kier molecular flexibility index (Phi) is 10.0. The Bertz CT molecular complexity index is 1430. The second-order valence-corrected chi connectivity index (χ2v) is 12.6. The number of hydrogen-bond acceptors (Lipinski definition) is 7. The summed E-state index contributed by atoms with van der Waals surface area (Å²) in [7, 11) is 0. The summed E-state index contributed by atoms with van der Waals surface area (Å²) in [5.41, 5.74) is 2.01. The number of ether oxygens (including phenoxy) is 3. The molecule has 7 nitrogen and oxygen atoms in total. The number of likely N-dealkylation sites (tertiary alicyclic amines) is 1. The molecule has 1 saturated heterocycles. The van der Waals surface area contributed by atoms with E-state index in [0.717, 1.165) is 26.1 Å². The fourth-order valence-corrected chi connectivity index (χ4v) is 5.83. The van der Waals surface area contributed by atoms with Crippen LogP contribution in [0.25, 0.3) is 0 Å². The number of esters is 1. The normalized spacial score (nSPS) is 16.7. The minimum atomic E-state index is -1.17. The number of halogens is 1. The molecule has 1 fully saturated rings. The number of thioether (sulfide) groups is 1. The molecule has 1 heterocycles. The van der Waals surface area contributed by atoms with E-state index in [1.54, 1.807) is 61.7 Å². The van der Waals surface area contributed by atoms with E-state index in [9.17, 15) is 14.4 Å². The predicted octanol–water partition coefficient (Wildman–Crippen LogP) is 7.61. The Morgan fingerprint density at radius 3 is 2.17 bits per heavy atom. The Hall–Kier alpha value is -3.30. The van der Waals surface area contributed by atoms with E-state index >= 15 is 0 Å². The van der Waals surface area contributed by atoms with Crippen molar-refractivity contribution in [3.05, 3.63) is 87.4 Å². The van der Waals surface area contributed by atoms with E-state index in [2.05, 4.69) is 15.9 Å². The Labute approximate surface area is 260 Å². The molecular formula is C33H36BrNO6S. The van der Waals surface area contributed by atoms with Crippen molar-refractivity contribution in [3.8, 4) is 11.5 Å². The molecule has 3 aromatic carbocycles. The smallest absolute Gasteiger partial charge is 0.415 e. The van der Waals surface area contributed by atoms with Crippen LogP contribution < -0.4 is 9.47 Å². The molecule has 1 aliphatic rings. The fourth-order valence-electron chi connectivity index (χ4n) is 5.15. The fraction of sp³-hybridized carbons (Fsp3) is 0.364. The highest BCUT2D eigenvalue weighted by Gasteiger charge is 2.42. The highest BCUT2D eigenvalue weighted by atomic mass is 79.9. The summed E-state index contributed by atoms with van der Waals surface area (Å²) >= 11 is 5.00. The zero-order valence-corrected chi connectivity index (χ0v) is 27.1. The summed E-state index contributed by atoms with van der Waals surface area (Å²) in [6.45, 7) is 9.77. The molecule has 2 unspecified atom stereocenters. The maximum absolute atomic E-state index is 13.9. The third kappa shape index (κ3) is 7.18. The van der Waals surface area contributed by atoms with Gasteiger partial charge >= 0.3 is 12.1 Å². The topological polar surface area (TPSA) is 82.1 Å². The molecule has 222 valence electrons. The van der Waals surface area contributed by atoms with Gasteiger partial charge in [0.05, 0.1) is 6.61 Å². The lowest BCUT2D eigenvalue weighted by Gasteiger charge is -2.27. The number of carbonyl (C=O) groups is 3. The Morgan fingerprint density at radius 1 is 0.976 bits per heavy atom. The average molecular weight is 655 g/mol. The highest BCUT2D eigenvalue weighted by Crippen LogP contribution is 2.39. The molecule has 1 amide bonds. The third-order valence-corrected chi connectivity index (χ3v) is 8.62. The number of Topliss-reactive ketones (excluding diaryl/α,β-unsaturated/α-hetero) is 1. The predicted molar refractivity (Wildman–Crippen MR) is 168 cm³/mol. The molecule has 3 aromatic rings. The lowest BCUT2D eigenvalue weighted by Crippen LogP contribution is -2.40. The first-order chi connectivity index (χ1) is 19.9. The number of carbonyl (C=O) groups excluding carboxylic acids is 3. The summed E-state index contributed by atoms with van der Waals surface area (Å²) in [5.74, 6) is -0.173. The van der Waals surface area contributed by atoms with Crippen LogP contribution in [0.1, 0.15) is 53.7 Å². The molecule has 0 spiro atoms. The van der Waals surface area contributed by atoms with E-state index in [1.807, 2.05) is 56.5 Å². The number of rotatable bonds is 9. The van der Waals surface area contributed by atoms with Gasteiger partial charge in [-0.3, -0.25) is 4.79 Å². The molecule has 0 bridgehead atoms. The molecule has 0 saturated carbocycles. The molecule has 2 atom stereocenters. The van der Waals surface area contributed by atoms with Crippen LogP contribution in [0.4, 0.5) is 4.79 Å². The summed E-state index contributed by atoms with van der Waals surface area (Å²) in [4.78, 5) is 42.3. The second-order valence-electron chi connectivity index (χ2n) is 10.8. The van der Waals surface area contributed by atoms with Gasteiger partial charge in [0.1, 0.15) is 11.5 Å². The first kappa shape index (κ1) is 31.6. The maximum Gasteiger partial charge on any atom is 0.415 e. The van der Waals surface area contributed by atoms with Gasteiger partial charge in [-0.15, -0.1) is 11.8 Å². The van der Waals surface area contributed by atoms with Crippen molar-refractivity contribution in [3.63, 3.8) is 0 Å². The molecule has 9 heteroatoms. The lowest BCUT2D eigenvalue weighted by atomic mass is 9.82. The Morgan fingerprint density at radius 2 is 1.60 bits per heavy atom. The summed E-state index contributed by atoms with van der Waals surface area (Å²) in [5, 5.41) is 0. The van der Waals surface area contributed by atoms with Gasteiger partial charge in [0, 0.05) is 39.9 Å². The molecular weight excluding hydrogens is 618 g/mol. The van der Waals surface area contributed by atoms with Crippen molar-refractivity contribution in [2.45, 2.75) is 51.0 Å². The van der Waals surface area contributed by atoms with Gasteiger partial charge in [-0.1, -0.05) is 40.2 Å². The number of amides is 1. The van der Waals surface area contributed by atoms with E-state index in [0.29, 0.717) is 23.6 Å². The van der Waals surface area contributed by atoms with Crippen LogP contribution >= 0.6 is 27.7 Å². The molecule has 1 aliphatic heterocycles. The number of hydrogen-bond donors (Lipinski definition) is 0. The quantitative estimate of drug-likeness (QED) is 0.134. The molecule has 4 rings (SSSR count). The molecule has 0 radical (unpaired) electrons. The van der Waals surface area contributed by atoms with Crippen molar-refractivity contribution in [1.82, 2.24) is 4.90 Å². The van der Waals surface area contributed by atoms with E-state index < -0.39 is 23.6 Å². The van der Waals surface area contributed by atoms with Crippen LogP contribution in [-0.4, -0.2) is 54.3 Å². The van der Waals surface area contributed by atoms with Gasteiger partial charge in [-0.2, -0.15) is 0 Å². The van der Waals surface area contributed by atoms with Crippen molar-refractivity contribution < 1.29 is 28.6 Å².